The van der Waals surface area contributed by atoms with Crippen LogP contribution in [0.4, 0.5) is 11.5 Å². The van der Waals surface area contributed by atoms with E-state index in [9.17, 15) is 8.42 Å². The average molecular weight is 478 g/mol. The summed E-state index contributed by atoms with van der Waals surface area (Å²) in [4.78, 5) is 4.43. The summed E-state index contributed by atoms with van der Waals surface area (Å²) in [5.41, 5.74) is 1.01. The zero-order chi connectivity index (χ0) is 23.3. The first kappa shape index (κ1) is 23.5. The minimum atomic E-state index is -3.74. The zero-order valence-corrected chi connectivity index (χ0v) is 20.0. The lowest BCUT2D eigenvalue weighted by molar-refractivity contribution is 0.122. The SMILES string of the molecule is CCOc1ccc(OCC)c(S(=O)(=O)N2CCN(c3cc(N4CCOCC4)cnn3)CC2)c1. The molecule has 2 saturated heterocycles. The highest BCUT2D eigenvalue weighted by atomic mass is 32.2. The van der Waals surface area contributed by atoms with Gasteiger partial charge in [0.2, 0.25) is 10.0 Å². The van der Waals surface area contributed by atoms with Crippen molar-refractivity contribution in [2.45, 2.75) is 18.7 Å². The van der Waals surface area contributed by atoms with Gasteiger partial charge in [0.05, 0.1) is 38.3 Å². The van der Waals surface area contributed by atoms with Crippen LogP contribution in [0, 0.1) is 0 Å². The van der Waals surface area contributed by atoms with Crippen molar-refractivity contribution in [1.29, 1.82) is 0 Å². The smallest absolute Gasteiger partial charge is 0.247 e. The molecule has 2 aliphatic heterocycles. The van der Waals surface area contributed by atoms with Crippen molar-refractivity contribution in [3.05, 3.63) is 30.5 Å². The number of anilines is 2. The Morgan fingerprint density at radius 1 is 0.939 bits per heavy atom. The van der Waals surface area contributed by atoms with Crippen LogP contribution in [0.1, 0.15) is 13.8 Å². The van der Waals surface area contributed by atoms with Gasteiger partial charge >= 0.3 is 0 Å². The molecule has 10 nitrogen and oxygen atoms in total. The van der Waals surface area contributed by atoms with Crippen LogP contribution < -0.4 is 19.3 Å². The van der Waals surface area contributed by atoms with Crippen molar-refractivity contribution in [1.82, 2.24) is 14.5 Å². The minimum Gasteiger partial charge on any atom is -0.494 e. The highest BCUT2D eigenvalue weighted by Crippen LogP contribution is 2.32. The summed E-state index contributed by atoms with van der Waals surface area (Å²) in [6.07, 6.45) is 1.76. The molecule has 0 spiro atoms. The van der Waals surface area contributed by atoms with E-state index in [1.54, 1.807) is 24.4 Å². The maximum absolute atomic E-state index is 13.5. The predicted octanol–water partition coefficient (Wildman–Crippen LogP) is 1.62. The highest BCUT2D eigenvalue weighted by Gasteiger charge is 2.32. The molecule has 0 atom stereocenters. The van der Waals surface area contributed by atoms with Gasteiger partial charge in [0.25, 0.3) is 0 Å². The summed E-state index contributed by atoms with van der Waals surface area (Å²) in [5, 5.41) is 8.46. The standard InChI is InChI=1S/C22H31N5O5S/c1-3-31-19-5-6-20(32-4-2)21(16-19)33(28,29)27-9-7-26(8-10-27)22-15-18(17-23-24-22)25-11-13-30-14-12-25/h5-6,15-17H,3-4,7-14H2,1-2H3. The molecule has 2 aliphatic rings. The molecular weight excluding hydrogens is 446 g/mol. The van der Waals surface area contributed by atoms with E-state index in [0.717, 1.165) is 24.6 Å². The van der Waals surface area contributed by atoms with Gasteiger partial charge in [0.15, 0.2) is 5.82 Å². The molecule has 1 aromatic heterocycles. The van der Waals surface area contributed by atoms with E-state index in [1.807, 2.05) is 19.9 Å². The molecule has 11 heteroatoms. The number of benzene rings is 1. The molecule has 0 amide bonds. The number of hydrogen-bond donors (Lipinski definition) is 0. The maximum Gasteiger partial charge on any atom is 0.247 e. The third kappa shape index (κ3) is 5.31. The third-order valence-corrected chi connectivity index (χ3v) is 7.63. The Hall–Kier alpha value is -2.63. The Bertz CT molecular complexity index is 1040. The fourth-order valence-electron chi connectivity index (χ4n) is 4.01. The number of sulfonamides is 1. The molecule has 0 aliphatic carbocycles. The van der Waals surface area contributed by atoms with E-state index in [-0.39, 0.29) is 4.90 Å². The summed E-state index contributed by atoms with van der Waals surface area (Å²) < 4.78 is 45.0. The molecule has 0 saturated carbocycles. The van der Waals surface area contributed by atoms with E-state index in [4.69, 9.17) is 14.2 Å². The summed E-state index contributed by atoms with van der Waals surface area (Å²) >= 11 is 0. The Labute approximate surface area is 195 Å². The second-order valence-corrected chi connectivity index (χ2v) is 9.64. The summed E-state index contributed by atoms with van der Waals surface area (Å²) in [5.74, 6) is 1.60. The van der Waals surface area contributed by atoms with Gasteiger partial charge in [0.1, 0.15) is 16.4 Å². The average Bonchev–Trinajstić information content (AvgIpc) is 2.86. The van der Waals surface area contributed by atoms with Crippen LogP contribution in [0.5, 0.6) is 11.5 Å². The second kappa shape index (κ2) is 10.5. The molecule has 2 aromatic rings. The number of hydrogen-bond acceptors (Lipinski definition) is 9. The Morgan fingerprint density at radius 2 is 1.67 bits per heavy atom. The number of ether oxygens (including phenoxy) is 3. The molecule has 4 rings (SSSR count). The fourth-order valence-corrected chi connectivity index (χ4v) is 5.58. The van der Waals surface area contributed by atoms with Gasteiger partial charge in [-0.2, -0.15) is 9.40 Å². The van der Waals surface area contributed by atoms with Crippen LogP contribution in [0.15, 0.2) is 35.4 Å². The maximum atomic E-state index is 13.5. The van der Waals surface area contributed by atoms with Gasteiger partial charge in [-0.05, 0) is 26.0 Å². The van der Waals surface area contributed by atoms with Crippen LogP contribution in [0.25, 0.3) is 0 Å². The lowest BCUT2D eigenvalue weighted by atomic mass is 10.3. The zero-order valence-electron chi connectivity index (χ0n) is 19.1. The van der Waals surface area contributed by atoms with Crippen LogP contribution >= 0.6 is 0 Å². The number of nitrogens with zero attached hydrogens (tertiary/aromatic N) is 5. The van der Waals surface area contributed by atoms with E-state index in [2.05, 4.69) is 20.0 Å². The monoisotopic (exact) mass is 477 g/mol. The van der Waals surface area contributed by atoms with Crippen molar-refractivity contribution in [2.75, 3.05) is 75.5 Å². The second-order valence-electron chi connectivity index (χ2n) is 7.74. The molecule has 0 unspecified atom stereocenters. The predicted molar refractivity (Wildman–Crippen MR) is 125 cm³/mol. The van der Waals surface area contributed by atoms with Crippen LogP contribution in [0.2, 0.25) is 0 Å². The Morgan fingerprint density at radius 3 is 2.36 bits per heavy atom. The van der Waals surface area contributed by atoms with Crippen molar-refractivity contribution in [3.63, 3.8) is 0 Å². The van der Waals surface area contributed by atoms with Crippen molar-refractivity contribution in [3.8, 4) is 11.5 Å². The quantitative estimate of drug-likeness (QED) is 0.562. The van der Waals surface area contributed by atoms with Gasteiger partial charge in [-0.15, -0.1) is 5.10 Å². The largest absolute Gasteiger partial charge is 0.494 e. The van der Waals surface area contributed by atoms with Crippen LogP contribution in [0.3, 0.4) is 0 Å². The third-order valence-electron chi connectivity index (χ3n) is 5.71. The van der Waals surface area contributed by atoms with Crippen LogP contribution in [-0.2, 0) is 14.8 Å². The van der Waals surface area contributed by atoms with Gasteiger partial charge < -0.3 is 24.0 Å². The van der Waals surface area contributed by atoms with Gasteiger partial charge in [-0.25, -0.2) is 8.42 Å². The van der Waals surface area contributed by atoms with Crippen molar-refractivity contribution < 1.29 is 22.6 Å². The normalized spacial score (nSPS) is 17.8. The molecule has 3 heterocycles. The number of aromatic nitrogens is 2. The molecule has 0 bridgehead atoms. The number of rotatable bonds is 8. The van der Waals surface area contributed by atoms with Crippen LogP contribution in [-0.4, -0.2) is 88.6 Å². The van der Waals surface area contributed by atoms with Crippen molar-refractivity contribution >= 4 is 21.5 Å². The van der Waals surface area contributed by atoms with Crippen molar-refractivity contribution in [2.24, 2.45) is 0 Å². The minimum absolute atomic E-state index is 0.137. The molecule has 0 radical (unpaired) electrons. The van der Waals surface area contributed by atoms with E-state index in [1.165, 1.54) is 4.31 Å². The first-order valence-corrected chi connectivity index (χ1v) is 12.8. The first-order valence-electron chi connectivity index (χ1n) is 11.3. The molecule has 33 heavy (non-hydrogen) atoms. The molecule has 0 N–H and O–H groups in total. The fraction of sp³-hybridized carbons (Fsp3) is 0.545. The lowest BCUT2D eigenvalue weighted by Gasteiger charge is -2.35. The lowest BCUT2D eigenvalue weighted by Crippen LogP contribution is -2.49. The van der Waals surface area contributed by atoms with E-state index < -0.39 is 10.0 Å². The Balaban J connectivity index is 1.48. The topological polar surface area (TPSA) is 97.3 Å². The van der Waals surface area contributed by atoms with Gasteiger partial charge in [-0.1, -0.05) is 0 Å². The highest BCUT2D eigenvalue weighted by molar-refractivity contribution is 7.89. The van der Waals surface area contributed by atoms with E-state index >= 15 is 0 Å². The van der Waals surface area contributed by atoms with Gasteiger partial charge in [0, 0.05) is 51.4 Å². The summed E-state index contributed by atoms with van der Waals surface area (Å²) in [6, 6.07) is 6.95. The molecule has 180 valence electrons. The number of morpholine rings is 1. The molecule has 2 fully saturated rings. The van der Waals surface area contributed by atoms with E-state index in [0.29, 0.717) is 64.1 Å². The Kier molecular flexibility index (Phi) is 7.51. The number of piperazine rings is 1. The molecular formula is C22H31N5O5S. The van der Waals surface area contributed by atoms with Gasteiger partial charge in [-0.3, -0.25) is 0 Å². The summed E-state index contributed by atoms with van der Waals surface area (Å²) in [7, 11) is -3.74. The molecule has 1 aromatic carbocycles. The summed E-state index contributed by atoms with van der Waals surface area (Å²) in [6.45, 7) is 9.29. The first-order chi connectivity index (χ1) is 16.0.